The minimum Gasteiger partial charge on any atom is -0.481 e. The van der Waals surface area contributed by atoms with Gasteiger partial charge in [-0.2, -0.15) is 0 Å². The maximum Gasteiger partial charge on any atom is 0.340 e. The number of nitrogens with zero attached hydrogens (tertiary/aromatic N) is 1. The molecule has 1 spiro atoms. The highest BCUT2D eigenvalue weighted by Gasteiger charge is 2.54. The Morgan fingerprint density at radius 2 is 1.60 bits per heavy atom. The molecule has 1 atom stereocenters. The van der Waals surface area contributed by atoms with Crippen LogP contribution in [0.2, 0.25) is 0 Å². The molecule has 3 heterocycles. The van der Waals surface area contributed by atoms with E-state index in [9.17, 15) is 28.8 Å². The molecule has 13 heteroatoms. The van der Waals surface area contributed by atoms with Gasteiger partial charge in [0.05, 0.1) is 30.4 Å². The van der Waals surface area contributed by atoms with Crippen LogP contribution in [0.4, 0.5) is 0 Å². The van der Waals surface area contributed by atoms with Gasteiger partial charge in [-0.25, -0.2) is 4.79 Å². The normalized spacial score (nSPS) is 17.9. The lowest BCUT2D eigenvalue weighted by atomic mass is 9.77. The Bertz CT molecular complexity index is 2120. The average molecular weight is 784 g/mol. The third-order valence-corrected chi connectivity index (χ3v) is 10.6. The number of unbranched alkanes of at least 4 members (excludes halogenated alkanes) is 2. The summed E-state index contributed by atoms with van der Waals surface area (Å²) < 4.78 is 31.5. The quantitative estimate of drug-likeness (QED) is 0.106. The van der Waals surface area contributed by atoms with E-state index < -0.39 is 40.3 Å². The largest absolute Gasteiger partial charge is 0.481 e. The second-order valence-electron chi connectivity index (χ2n) is 16.2. The van der Waals surface area contributed by atoms with Crippen LogP contribution in [0.5, 0.6) is 17.2 Å². The smallest absolute Gasteiger partial charge is 0.340 e. The number of fused-ring (bicyclic) bond motifs is 6. The van der Waals surface area contributed by atoms with Crippen molar-refractivity contribution in [2.45, 2.75) is 91.6 Å². The number of hydrogen-bond acceptors (Lipinski definition) is 10. The monoisotopic (exact) mass is 783 g/mol. The third kappa shape index (κ3) is 8.97. The van der Waals surface area contributed by atoms with Gasteiger partial charge < -0.3 is 34.3 Å². The number of carboxylic acids is 1. The molecule has 2 amide bonds. The minimum atomic E-state index is -1.36. The van der Waals surface area contributed by atoms with Crippen LogP contribution < -0.4 is 14.8 Å². The van der Waals surface area contributed by atoms with E-state index in [2.05, 4.69) is 5.32 Å². The fourth-order valence-corrected chi connectivity index (χ4v) is 7.21. The van der Waals surface area contributed by atoms with Gasteiger partial charge in [-0.05, 0) is 89.3 Å². The zero-order chi connectivity index (χ0) is 41.8. The highest BCUT2D eigenvalue weighted by Crippen LogP contribution is 2.56. The van der Waals surface area contributed by atoms with Crippen molar-refractivity contribution in [3.8, 4) is 17.2 Å². The first kappa shape index (κ1) is 39.5. The van der Waals surface area contributed by atoms with Crippen molar-refractivity contribution in [1.82, 2.24) is 10.2 Å². The van der Waals surface area contributed by atoms with Gasteiger partial charge in [0.2, 0.25) is 5.91 Å². The molecule has 0 aliphatic carbocycles. The number of benzene rings is 3. The topological polar surface area (TPSA) is 175 Å². The summed E-state index contributed by atoms with van der Waals surface area (Å²) in [7, 11) is 0. The Morgan fingerprint density at radius 3 is 2.30 bits per heavy atom. The molecule has 3 aromatic rings. The molecule has 0 bridgehead atoms. The molecule has 1 fully saturated rings. The Balaban J connectivity index is 1.03. The fraction of sp³-hybridized carbons (Fsp3) is 0.455. The number of piperidine rings is 1. The number of aryl methyl sites for hydroxylation is 1. The molecule has 302 valence electrons. The Hall–Kier alpha value is -5.72. The third-order valence-electron chi connectivity index (χ3n) is 10.6. The zero-order valence-electron chi connectivity index (χ0n) is 33.9. The highest BCUT2D eigenvalue weighted by molar-refractivity contribution is 6.01. The molecule has 13 nitrogen and oxygen atoms in total. The first-order valence-corrected chi connectivity index (χ1v) is 19.3. The molecule has 3 aliphatic heterocycles. The molecule has 6 rings (SSSR count). The molecular formula is C44H50N2O11. The number of rotatable bonds is 13. The summed E-state index contributed by atoms with van der Waals surface area (Å²) in [5, 5.41) is 11.7. The van der Waals surface area contributed by atoms with Gasteiger partial charge in [0.25, 0.3) is 5.91 Å². The number of nitrogens with one attached hydrogen (secondary N) is 1. The number of carboxylic acid groups (broad SMARTS) is 1. The van der Waals surface area contributed by atoms with E-state index >= 15 is 0 Å². The van der Waals surface area contributed by atoms with Crippen LogP contribution in [-0.4, -0.2) is 71.9 Å². The summed E-state index contributed by atoms with van der Waals surface area (Å²) in [6, 6.07) is 15.6. The molecule has 0 radical (unpaired) electrons. The van der Waals surface area contributed by atoms with Crippen LogP contribution in [0.1, 0.15) is 123 Å². The van der Waals surface area contributed by atoms with E-state index in [1.165, 1.54) is 0 Å². The van der Waals surface area contributed by atoms with Gasteiger partial charge in [-0.15, -0.1) is 0 Å². The average Bonchev–Trinajstić information content (AvgIpc) is 3.48. The van der Waals surface area contributed by atoms with E-state index in [1.807, 2.05) is 25.1 Å². The van der Waals surface area contributed by atoms with Crippen molar-refractivity contribution in [3.63, 3.8) is 0 Å². The van der Waals surface area contributed by atoms with Crippen molar-refractivity contribution in [2.75, 3.05) is 26.2 Å². The van der Waals surface area contributed by atoms with Gasteiger partial charge in [0.1, 0.15) is 17.2 Å². The van der Waals surface area contributed by atoms with Crippen molar-refractivity contribution >= 4 is 35.7 Å². The number of carbonyl (C=O) groups excluding carboxylic acids is 5. The van der Waals surface area contributed by atoms with Crippen LogP contribution in [0.15, 0.2) is 54.6 Å². The van der Waals surface area contributed by atoms with Crippen LogP contribution in [0.3, 0.4) is 0 Å². The summed E-state index contributed by atoms with van der Waals surface area (Å²) in [4.78, 5) is 76.8. The first-order valence-electron chi connectivity index (χ1n) is 20.0. The highest BCUT2D eigenvalue weighted by atomic mass is 16.6. The summed E-state index contributed by atoms with van der Waals surface area (Å²) >= 11 is 0. The maximum atomic E-state index is 13.6. The van der Waals surface area contributed by atoms with E-state index in [1.54, 1.807) is 62.1 Å². The SMILES string of the molecule is [2H]CC1(COC(=O)CCC(=O)O)CCN(C(=O)CCCCCNC(=O)c2ccc3c(c2)C(=O)OC32c3ccc(C)cc3Oc3cc(OC(=O)C(C)(C)C)ccc32)CC1. The number of carbonyl (C=O) groups is 6. The Morgan fingerprint density at radius 1 is 0.895 bits per heavy atom. The maximum absolute atomic E-state index is 13.6. The Kier molecular flexibility index (Phi) is 11.4. The number of amides is 2. The van der Waals surface area contributed by atoms with Crippen LogP contribution in [-0.2, 0) is 34.3 Å². The Labute approximate surface area is 333 Å². The molecule has 0 saturated carbocycles. The predicted molar refractivity (Wildman–Crippen MR) is 207 cm³/mol. The van der Waals surface area contributed by atoms with Crippen molar-refractivity contribution in [3.05, 3.63) is 88.0 Å². The van der Waals surface area contributed by atoms with Crippen LogP contribution in [0.25, 0.3) is 0 Å². The molecular weight excluding hydrogens is 732 g/mol. The van der Waals surface area contributed by atoms with Gasteiger partial charge >= 0.3 is 23.9 Å². The number of hydrogen-bond donors (Lipinski definition) is 2. The minimum absolute atomic E-state index is 0.0122. The van der Waals surface area contributed by atoms with Crippen molar-refractivity contribution in [1.29, 1.82) is 0 Å². The number of aliphatic carboxylic acids is 1. The molecule has 0 aromatic heterocycles. The van der Waals surface area contributed by atoms with Gasteiger partial charge in [-0.3, -0.25) is 24.0 Å². The molecule has 2 N–H and O–H groups in total. The summed E-state index contributed by atoms with van der Waals surface area (Å²) in [5.41, 5.74) is 0.587. The lowest BCUT2D eigenvalue weighted by molar-refractivity contribution is -0.151. The van der Waals surface area contributed by atoms with E-state index in [0.717, 1.165) is 5.56 Å². The molecule has 3 aromatic carbocycles. The van der Waals surface area contributed by atoms with Crippen molar-refractivity contribution < 1.29 is 54.2 Å². The lowest BCUT2D eigenvalue weighted by Crippen LogP contribution is -2.44. The van der Waals surface area contributed by atoms with Gasteiger partial charge in [0.15, 0.2) is 5.60 Å². The zero-order valence-corrected chi connectivity index (χ0v) is 32.9. The van der Waals surface area contributed by atoms with Crippen LogP contribution in [0, 0.1) is 17.8 Å². The summed E-state index contributed by atoms with van der Waals surface area (Å²) in [6.07, 6.45) is 2.86. The summed E-state index contributed by atoms with van der Waals surface area (Å²) in [6.45, 7) is 8.58. The lowest BCUT2D eigenvalue weighted by Gasteiger charge is -2.39. The van der Waals surface area contributed by atoms with E-state index in [0.29, 0.717) is 97.7 Å². The predicted octanol–water partition coefficient (Wildman–Crippen LogP) is 6.84. The molecule has 3 aliphatic rings. The standard InChI is InChI=1S/C44H50N2O11/c1-27-10-13-32-34(23-27)56-35-25-29(55-41(53)42(2,3)4)12-15-33(35)44(32)31-14-11-28(24-30(31)40(52)57-44)39(51)45-20-8-6-7-9-36(47)46-21-18-43(5,19-22-46)26-54-38(50)17-16-37(48)49/h10-15,23-25H,6-9,16-22,26H2,1-5H3,(H,45,51)(H,48,49)/i5D. The second-order valence-corrected chi connectivity index (χ2v) is 16.2. The molecule has 1 unspecified atom stereocenters. The first-order chi connectivity index (χ1) is 27.5. The number of ether oxygens (including phenoxy) is 4. The summed E-state index contributed by atoms with van der Waals surface area (Å²) in [5.74, 6) is -1.86. The van der Waals surface area contributed by atoms with Gasteiger partial charge in [-0.1, -0.05) is 31.5 Å². The van der Waals surface area contributed by atoms with Crippen LogP contribution >= 0.6 is 0 Å². The number of esters is 3. The number of likely N-dealkylation sites (tertiary alicyclic amines) is 1. The second kappa shape index (κ2) is 16.4. The van der Waals surface area contributed by atoms with E-state index in [4.69, 9.17) is 25.4 Å². The fourth-order valence-electron chi connectivity index (χ4n) is 7.21. The van der Waals surface area contributed by atoms with Gasteiger partial charge in [0, 0.05) is 61.2 Å². The van der Waals surface area contributed by atoms with E-state index in [-0.39, 0.29) is 43.7 Å². The van der Waals surface area contributed by atoms with Crippen molar-refractivity contribution in [2.24, 2.45) is 10.8 Å². The molecule has 57 heavy (non-hydrogen) atoms. The molecule has 1 saturated heterocycles.